The number of ether oxygens (including phenoxy) is 2. The number of quaternary nitrogens is 1. The van der Waals surface area contributed by atoms with Crippen molar-refractivity contribution in [3.8, 4) is 11.5 Å². The molecule has 0 spiro atoms. The van der Waals surface area contributed by atoms with Gasteiger partial charge in [-0.3, -0.25) is 4.79 Å². The zero-order valence-corrected chi connectivity index (χ0v) is 17.2. The van der Waals surface area contributed by atoms with E-state index in [2.05, 4.69) is 11.4 Å². The van der Waals surface area contributed by atoms with Gasteiger partial charge in [-0.2, -0.15) is 0 Å². The molecule has 2 aromatic rings. The summed E-state index contributed by atoms with van der Waals surface area (Å²) in [5.41, 5.74) is 2.12. The largest absolute Gasteiger partial charge is 0.497 e. The number of rotatable bonds is 7. The highest BCUT2D eigenvalue weighted by Gasteiger charge is 2.28. The smallest absolute Gasteiger partial charge is 0.223 e. The second-order valence-electron chi connectivity index (χ2n) is 7.19. The summed E-state index contributed by atoms with van der Waals surface area (Å²) in [7, 11) is 3.34. The first-order valence-corrected chi connectivity index (χ1v) is 10.0. The lowest BCUT2D eigenvalue weighted by Crippen LogP contribution is -3.11. The third-order valence-corrected chi connectivity index (χ3v) is 5.78. The molecule has 2 aromatic carbocycles. The van der Waals surface area contributed by atoms with Crippen LogP contribution in [0.3, 0.4) is 0 Å². The van der Waals surface area contributed by atoms with Crippen molar-refractivity contribution in [1.29, 1.82) is 0 Å². The van der Waals surface area contributed by atoms with Gasteiger partial charge in [-0.1, -0.05) is 29.8 Å². The van der Waals surface area contributed by atoms with E-state index in [1.807, 2.05) is 36.4 Å². The van der Waals surface area contributed by atoms with E-state index in [-0.39, 0.29) is 11.8 Å². The first-order chi connectivity index (χ1) is 13.6. The predicted molar refractivity (Wildman–Crippen MR) is 110 cm³/mol. The van der Waals surface area contributed by atoms with E-state index in [1.54, 1.807) is 14.2 Å². The fraction of sp³-hybridized carbons (Fsp3) is 0.409. The minimum Gasteiger partial charge on any atom is -0.497 e. The third-order valence-electron chi connectivity index (χ3n) is 5.41. The van der Waals surface area contributed by atoms with Crippen LogP contribution in [0.2, 0.25) is 5.02 Å². The van der Waals surface area contributed by atoms with Crippen LogP contribution < -0.4 is 19.7 Å². The van der Waals surface area contributed by atoms with Crippen LogP contribution in [0.25, 0.3) is 0 Å². The maximum atomic E-state index is 12.5. The van der Waals surface area contributed by atoms with Crippen LogP contribution >= 0.6 is 11.6 Å². The van der Waals surface area contributed by atoms with Crippen molar-refractivity contribution in [2.75, 3.05) is 27.3 Å². The van der Waals surface area contributed by atoms with E-state index < -0.39 is 0 Å². The molecule has 1 aliphatic rings. The number of carbonyl (C=O) groups is 1. The number of amides is 1. The molecule has 1 heterocycles. The van der Waals surface area contributed by atoms with Gasteiger partial charge >= 0.3 is 0 Å². The summed E-state index contributed by atoms with van der Waals surface area (Å²) in [5.74, 6) is 1.85. The molecule has 0 bridgehead atoms. The molecule has 0 aliphatic carbocycles. The molecule has 1 fully saturated rings. The Balaban J connectivity index is 1.49. The van der Waals surface area contributed by atoms with Crippen LogP contribution in [0.4, 0.5) is 0 Å². The summed E-state index contributed by atoms with van der Waals surface area (Å²) in [5, 5.41) is 3.73. The molecule has 5 nitrogen and oxygen atoms in total. The highest BCUT2D eigenvalue weighted by molar-refractivity contribution is 6.31. The molecule has 150 valence electrons. The number of piperidine rings is 1. The second kappa shape index (κ2) is 9.80. The molecule has 0 radical (unpaired) electrons. The summed E-state index contributed by atoms with van der Waals surface area (Å²) in [6.07, 6.45) is 1.78. The van der Waals surface area contributed by atoms with Crippen LogP contribution in [0.1, 0.15) is 24.0 Å². The Hall–Kier alpha value is -2.24. The highest BCUT2D eigenvalue weighted by atomic mass is 35.5. The van der Waals surface area contributed by atoms with Gasteiger partial charge < -0.3 is 19.7 Å². The van der Waals surface area contributed by atoms with Gasteiger partial charge in [0.2, 0.25) is 5.91 Å². The van der Waals surface area contributed by atoms with E-state index in [9.17, 15) is 4.79 Å². The van der Waals surface area contributed by atoms with Crippen LogP contribution in [0.5, 0.6) is 11.5 Å². The quantitative estimate of drug-likeness (QED) is 0.746. The fourth-order valence-corrected chi connectivity index (χ4v) is 3.90. The van der Waals surface area contributed by atoms with Gasteiger partial charge in [-0.15, -0.1) is 0 Å². The summed E-state index contributed by atoms with van der Waals surface area (Å²) in [6, 6.07) is 13.6. The molecule has 0 atom stereocenters. The van der Waals surface area contributed by atoms with E-state index in [4.69, 9.17) is 21.1 Å². The van der Waals surface area contributed by atoms with Crippen molar-refractivity contribution in [3.63, 3.8) is 0 Å². The lowest BCUT2D eigenvalue weighted by molar-refractivity contribution is -0.919. The lowest BCUT2D eigenvalue weighted by Gasteiger charge is -2.29. The van der Waals surface area contributed by atoms with Crippen LogP contribution in [-0.4, -0.2) is 33.2 Å². The van der Waals surface area contributed by atoms with E-state index in [1.165, 1.54) is 10.5 Å². The number of benzene rings is 2. The van der Waals surface area contributed by atoms with Gasteiger partial charge in [0.05, 0.1) is 27.3 Å². The monoisotopic (exact) mass is 403 g/mol. The normalized spacial score (nSPS) is 19.1. The molecular formula is C22H28ClN2O3+. The van der Waals surface area contributed by atoms with Crippen molar-refractivity contribution in [3.05, 3.63) is 58.6 Å². The zero-order chi connectivity index (χ0) is 19.9. The first kappa shape index (κ1) is 20.5. The minimum atomic E-state index is 0.0731. The molecule has 0 aromatic heterocycles. The predicted octanol–water partition coefficient (Wildman–Crippen LogP) is 2.47. The van der Waals surface area contributed by atoms with Gasteiger partial charge in [0.1, 0.15) is 18.0 Å². The Morgan fingerprint density at radius 3 is 2.54 bits per heavy atom. The summed E-state index contributed by atoms with van der Waals surface area (Å²) in [4.78, 5) is 14.0. The van der Waals surface area contributed by atoms with Gasteiger partial charge in [0, 0.05) is 42.0 Å². The number of methoxy groups -OCH3 is 2. The van der Waals surface area contributed by atoms with Gasteiger partial charge in [0.15, 0.2) is 0 Å². The van der Waals surface area contributed by atoms with E-state index in [0.717, 1.165) is 49.5 Å². The molecule has 6 heteroatoms. The Bertz CT molecular complexity index is 804. The topological polar surface area (TPSA) is 52.0 Å². The van der Waals surface area contributed by atoms with Crippen LogP contribution in [0, 0.1) is 5.92 Å². The van der Waals surface area contributed by atoms with Crippen molar-refractivity contribution in [2.45, 2.75) is 25.9 Å². The summed E-state index contributed by atoms with van der Waals surface area (Å²) in [6.45, 7) is 3.31. The second-order valence-corrected chi connectivity index (χ2v) is 7.60. The Labute approximate surface area is 171 Å². The number of likely N-dealkylation sites (tertiary alicyclic amines) is 1. The molecular weight excluding hydrogens is 376 g/mol. The number of carbonyl (C=O) groups excluding carboxylic acids is 1. The first-order valence-electron chi connectivity index (χ1n) is 9.66. The molecule has 0 unspecified atom stereocenters. The average Bonchev–Trinajstić information content (AvgIpc) is 2.73. The Morgan fingerprint density at radius 1 is 1.11 bits per heavy atom. The number of nitrogens with one attached hydrogen (secondary N) is 2. The third kappa shape index (κ3) is 5.18. The Morgan fingerprint density at radius 2 is 1.86 bits per heavy atom. The fourth-order valence-electron chi connectivity index (χ4n) is 3.70. The average molecular weight is 404 g/mol. The maximum Gasteiger partial charge on any atom is 0.223 e. The van der Waals surface area contributed by atoms with E-state index >= 15 is 0 Å². The van der Waals surface area contributed by atoms with E-state index in [0.29, 0.717) is 11.6 Å². The maximum absolute atomic E-state index is 12.5. The van der Waals surface area contributed by atoms with Crippen molar-refractivity contribution in [1.82, 2.24) is 5.32 Å². The standard InChI is InChI=1S/C22H27ClN2O3/c1-27-19-8-7-18(21(13-19)28-2)15-25-11-9-16(10-12-25)22(26)24-14-17-5-3-4-6-20(17)23/h3-8,13,16H,9-12,14-15H2,1-2H3,(H,24,26)/p+1. The van der Waals surface area contributed by atoms with Crippen molar-refractivity contribution >= 4 is 17.5 Å². The van der Waals surface area contributed by atoms with Crippen LogP contribution in [0.15, 0.2) is 42.5 Å². The van der Waals surface area contributed by atoms with Crippen LogP contribution in [-0.2, 0) is 17.9 Å². The number of hydrogen-bond donors (Lipinski definition) is 2. The summed E-state index contributed by atoms with van der Waals surface area (Å²) < 4.78 is 10.8. The molecule has 1 aliphatic heterocycles. The van der Waals surface area contributed by atoms with Gasteiger partial charge in [-0.25, -0.2) is 0 Å². The molecule has 3 rings (SSSR count). The molecule has 1 saturated heterocycles. The molecule has 28 heavy (non-hydrogen) atoms. The van der Waals surface area contributed by atoms with Crippen molar-refractivity contribution < 1.29 is 19.2 Å². The molecule has 2 N–H and O–H groups in total. The number of halogens is 1. The lowest BCUT2D eigenvalue weighted by atomic mass is 9.95. The highest BCUT2D eigenvalue weighted by Crippen LogP contribution is 2.24. The minimum absolute atomic E-state index is 0.0731. The zero-order valence-electron chi connectivity index (χ0n) is 16.5. The van der Waals surface area contributed by atoms with Gasteiger partial charge in [-0.05, 0) is 23.8 Å². The molecule has 0 saturated carbocycles. The summed E-state index contributed by atoms with van der Waals surface area (Å²) >= 11 is 6.16. The SMILES string of the molecule is COc1ccc(C[NH+]2CCC(C(=O)NCc3ccccc3Cl)CC2)c(OC)c1. The number of hydrogen-bond acceptors (Lipinski definition) is 3. The van der Waals surface area contributed by atoms with Crippen molar-refractivity contribution in [2.24, 2.45) is 5.92 Å². The molecule has 1 amide bonds. The Kier molecular flexibility index (Phi) is 7.18. The van der Waals surface area contributed by atoms with Gasteiger partial charge in [0.25, 0.3) is 0 Å².